The molecule has 0 saturated heterocycles. The quantitative estimate of drug-likeness (QED) is 0.645. The number of carboxylic acids is 1. The summed E-state index contributed by atoms with van der Waals surface area (Å²) in [7, 11) is 0. The van der Waals surface area contributed by atoms with Crippen LogP contribution in [0.15, 0.2) is 12.3 Å². The molecule has 1 aliphatic rings. The summed E-state index contributed by atoms with van der Waals surface area (Å²) in [4.78, 5) is 27.5. The van der Waals surface area contributed by atoms with E-state index in [9.17, 15) is 14.7 Å². The van der Waals surface area contributed by atoms with E-state index in [1.54, 1.807) is 0 Å². The highest BCUT2D eigenvalue weighted by molar-refractivity contribution is 6.34. The van der Waals surface area contributed by atoms with Crippen LogP contribution in [0.25, 0.3) is 0 Å². The number of carbonyl (C=O) groups excluding carboxylic acids is 1. The van der Waals surface area contributed by atoms with Crippen LogP contribution in [0, 0.1) is 5.41 Å². The molecule has 1 heterocycles. The van der Waals surface area contributed by atoms with Crippen molar-refractivity contribution in [2.24, 2.45) is 5.41 Å². The Labute approximate surface area is 126 Å². The fraction of sp³-hybridized carbons (Fsp3) is 0.462. The lowest BCUT2D eigenvalue weighted by Gasteiger charge is -2.24. The number of nitrogens with one attached hydrogen (secondary N) is 1. The summed E-state index contributed by atoms with van der Waals surface area (Å²) in [6.07, 6.45) is 3.15. The minimum atomic E-state index is -1.58. The van der Waals surface area contributed by atoms with E-state index < -0.39 is 17.3 Å². The van der Waals surface area contributed by atoms with Crippen LogP contribution in [-0.2, 0) is 16.0 Å². The Morgan fingerprint density at radius 2 is 2.15 bits per heavy atom. The summed E-state index contributed by atoms with van der Waals surface area (Å²) in [6, 6.07) is 1.53. The molecule has 1 fully saturated rings. The summed E-state index contributed by atoms with van der Waals surface area (Å²) in [6.45, 7) is 1.39. The third kappa shape index (κ3) is 3.22. The first kappa shape index (κ1) is 15.1. The zero-order valence-electron chi connectivity index (χ0n) is 10.8. The van der Waals surface area contributed by atoms with Crippen molar-refractivity contribution in [3.63, 3.8) is 0 Å². The van der Waals surface area contributed by atoms with Crippen molar-refractivity contribution in [2.45, 2.75) is 32.2 Å². The normalized spacial score (nSPS) is 17.4. The number of hydrogen-bond acceptors (Lipinski definition) is 3. The van der Waals surface area contributed by atoms with Crippen LogP contribution in [-0.4, -0.2) is 28.0 Å². The lowest BCUT2D eigenvalue weighted by atomic mass is 9.83. The van der Waals surface area contributed by atoms with Gasteiger partial charge in [-0.2, -0.15) is 0 Å². The summed E-state index contributed by atoms with van der Waals surface area (Å²) < 4.78 is 0. The van der Waals surface area contributed by atoms with E-state index in [0.717, 1.165) is 12.8 Å². The molecule has 1 aliphatic carbocycles. The van der Waals surface area contributed by atoms with E-state index in [4.69, 9.17) is 23.2 Å². The first-order valence-electron chi connectivity index (χ1n) is 6.17. The molecule has 1 unspecified atom stereocenters. The minimum absolute atomic E-state index is 0.0378. The van der Waals surface area contributed by atoms with Gasteiger partial charge in [-0.15, -0.1) is 0 Å². The lowest BCUT2D eigenvalue weighted by Crippen LogP contribution is -2.46. The Bertz CT molecular complexity index is 561. The summed E-state index contributed by atoms with van der Waals surface area (Å²) in [5, 5.41) is 12.6. The van der Waals surface area contributed by atoms with Crippen molar-refractivity contribution < 1.29 is 14.7 Å². The number of nitrogens with zero attached hydrogens (tertiary/aromatic N) is 1. The number of carbonyl (C=O) groups is 2. The second-order valence-corrected chi connectivity index (χ2v) is 5.95. The maximum atomic E-state index is 12.2. The highest BCUT2D eigenvalue weighted by atomic mass is 35.5. The van der Waals surface area contributed by atoms with Gasteiger partial charge >= 0.3 is 5.97 Å². The molecule has 5 nitrogen and oxygen atoms in total. The monoisotopic (exact) mass is 316 g/mol. The SMILES string of the molecule is CC(Cc1cnc(Cl)cc1Cl)(C(=O)O)C(=O)NC1CC1. The highest BCUT2D eigenvalue weighted by Gasteiger charge is 2.43. The van der Waals surface area contributed by atoms with Gasteiger partial charge in [-0.05, 0) is 31.4 Å². The van der Waals surface area contributed by atoms with Crippen molar-refractivity contribution >= 4 is 35.1 Å². The fourth-order valence-electron chi connectivity index (χ4n) is 1.77. The Morgan fingerprint density at radius 1 is 1.50 bits per heavy atom. The van der Waals surface area contributed by atoms with E-state index in [1.165, 1.54) is 19.2 Å². The molecule has 1 aromatic rings. The maximum absolute atomic E-state index is 12.2. The predicted octanol–water partition coefficient (Wildman–Crippen LogP) is 2.30. The number of aromatic nitrogens is 1. The van der Waals surface area contributed by atoms with Crippen LogP contribution in [0.4, 0.5) is 0 Å². The average Bonchev–Trinajstić information content (AvgIpc) is 3.16. The molecule has 2 rings (SSSR count). The minimum Gasteiger partial charge on any atom is -0.480 e. The molecule has 20 heavy (non-hydrogen) atoms. The first-order chi connectivity index (χ1) is 9.33. The number of amides is 1. The van der Waals surface area contributed by atoms with Gasteiger partial charge < -0.3 is 10.4 Å². The predicted molar refractivity (Wildman–Crippen MR) is 74.9 cm³/mol. The number of rotatable bonds is 5. The molecule has 1 aromatic heterocycles. The van der Waals surface area contributed by atoms with Gasteiger partial charge in [-0.1, -0.05) is 23.2 Å². The Kier molecular flexibility index (Phi) is 4.20. The van der Waals surface area contributed by atoms with Crippen molar-refractivity contribution in [3.8, 4) is 0 Å². The van der Waals surface area contributed by atoms with Gasteiger partial charge in [0.1, 0.15) is 10.6 Å². The van der Waals surface area contributed by atoms with E-state index in [0.29, 0.717) is 10.6 Å². The largest absolute Gasteiger partial charge is 0.480 e. The van der Waals surface area contributed by atoms with Crippen LogP contribution in [0.1, 0.15) is 25.3 Å². The molecule has 0 aliphatic heterocycles. The zero-order valence-corrected chi connectivity index (χ0v) is 12.3. The van der Waals surface area contributed by atoms with Crippen molar-refractivity contribution in [3.05, 3.63) is 28.0 Å². The second-order valence-electron chi connectivity index (χ2n) is 5.16. The van der Waals surface area contributed by atoms with Crippen molar-refractivity contribution in [1.29, 1.82) is 0 Å². The summed E-state index contributed by atoms with van der Waals surface area (Å²) in [5.74, 6) is -1.69. The second kappa shape index (κ2) is 5.58. The van der Waals surface area contributed by atoms with Crippen molar-refractivity contribution in [2.75, 3.05) is 0 Å². The van der Waals surface area contributed by atoms with Gasteiger partial charge in [0.2, 0.25) is 5.91 Å². The maximum Gasteiger partial charge on any atom is 0.319 e. The Hall–Kier alpha value is -1.33. The number of pyridine rings is 1. The average molecular weight is 317 g/mol. The molecular weight excluding hydrogens is 303 g/mol. The molecule has 0 radical (unpaired) electrons. The van der Waals surface area contributed by atoms with E-state index in [2.05, 4.69) is 10.3 Å². The van der Waals surface area contributed by atoms with Crippen LogP contribution in [0.2, 0.25) is 10.2 Å². The Balaban J connectivity index is 2.23. The molecule has 0 bridgehead atoms. The lowest BCUT2D eigenvalue weighted by molar-refractivity contribution is -0.154. The zero-order chi connectivity index (χ0) is 14.9. The Morgan fingerprint density at radius 3 is 2.65 bits per heavy atom. The molecule has 0 spiro atoms. The van der Waals surface area contributed by atoms with Gasteiger partial charge in [0.25, 0.3) is 0 Å². The third-order valence-electron chi connectivity index (χ3n) is 3.33. The molecule has 1 saturated carbocycles. The van der Waals surface area contributed by atoms with E-state index in [-0.39, 0.29) is 17.6 Å². The summed E-state index contributed by atoms with van der Waals surface area (Å²) >= 11 is 11.7. The van der Waals surface area contributed by atoms with Crippen LogP contribution in [0.3, 0.4) is 0 Å². The van der Waals surface area contributed by atoms with Crippen LogP contribution >= 0.6 is 23.2 Å². The number of halogens is 2. The van der Waals surface area contributed by atoms with Gasteiger partial charge in [0.05, 0.1) is 0 Å². The topological polar surface area (TPSA) is 79.3 Å². The van der Waals surface area contributed by atoms with Crippen LogP contribution in [0.5, 0.6) is 0 Å². The number of carboxylic acid groups (broad SMARTS) is 1. The van der Waals surface area contributed by atoms with Crippen molar-refractivity contribution in [1.82, 2.24) is 10.3 Å². The third-order valence-corrected chi connectivity index (χ3v) is 3.88. The molecule has 108 valence electrons. The number of hydrogen-bond donors (Lipinski definition) is 2. The first-order valence-corrected chi connectivity index (χ1v) is 6.93. The molecule has 1 amide bonds. The fourth-order valence-corrected chi connectivity index (χ4v) is 2.20. The van der Waals surface area contributed by atoms with E-state index in [1.807, 2.05) is 0 Å². The summed E-state index contributed by atoms with van der Waals surface area (Å²) in [5.41, 5.74) is -1.10. The molecular formula is C13H14Cl2N2O3. The van der Waals surface area contributed by atoms with Gasteiger partial charge in [0, 0.05) is 23.7 Å². The standard InChI is InChI=1S/C13H14Cl2N2O3/c1-13(12(19)20,11(18)17-8-2-3-8)5-7-6-16-10(15)4-9(7)14/h4,6,8H,2-3,5H2,1H3,(H,17,18)(H,19,20). The molecule has 0 aromatic carbocycles. The number of aliphatic carboxylic acids is 1. The van der Waals surface area contributed by atoms with Crippen LogP contribution < -0.4 is 5.32 Å². The molecule has 1 atom stereocenters. The van der Waals surface area contributed by atoms with E-state index >= 15 is 0 Å². The smallest absolute Gasteiger partial charge is 0.319 e. The van der Waals surface area contributed by atoms with Gasteiger partial charge in [0.15, 0.2) is 0 Å². The van der Waals surface area contributed by atoms with Gasteiger partial charge in [-0.25, -0.2) is 4.98 Å². The molecule has 7 heteroatoms. The highest BCUT2D eigenvalue weighted by Crippen LogP contribution is 2.30. The van der Waals surface area contributed by atoms with Gasteiger partial charge in [-0.3, -0.25) is 9.59 Å². The molecule has 2 N–H and O–H groups in total.